The maximum Gasteiger partial charge on any atom is 0.0271 e. The van der Waals surface area contributed by atoms with Crippen molar-refractivity contribution in [3.8, 4) is 0 Å². The van der Waals surface area contributed by atoms with Crippen LogP contribution in [0.15, 0.2) is 24.5 Å². The van der Waals surface area contributed by atoms with Gasteiger partial charge in [-0.2, -0.15) is 0 Å². The number of nitrogens with zero attached hydrogens (tertiary/aromatic N) is 2. The van der Waals surface area contributed by atoms with Crippen LogP contribution in [0, 0.1) is 0 Å². The fourth-order valence-electron chi connectivity index (χ4n) is 2.08. The fraction of sp³-hybridized carbons (Fsp3) is 0.583. The van der Waals surface area contributed by atoms with Crippen molar-refractivity contribution in [2.45, 2.75) is 25.9 Å². The minimum Gasteiger partial charge on any atom is -0.313 e. The van der Waals surface area contributed by atoms with Crippen LogP contribution in [0.5, 0.6) is 0 Å². The molecule has 0 radical (unpaired) electrons. The van der Waals surface area contributed by atoms with E-state index in [-0.39, 0.29) is 0 Å². The second-order valence-corrected chi connectivity index (χ2v) is 4.30. The molecule has 0 amide bonds. The van der Waals surface area contributed by atoms with Crippen LogP contribution in [-0.2, 0) is 6.54 Å². The Kier molecular flexibility index (Phi) is 3.69. The molecule has 1 unspecified atom stereocenters. The van der Waals surface area contributed by atoms with Crippen molar-refractivity contribution in [3.63, 3.8) is 0 Å². The molecule has 3 heteroatoms. The van der Waals surface area contributed by atoms with Crippen molar-refractivity contribution in [1.82, 2.24) is 15.2 Å². The van der Waals surface area contributed by atoms with E-state index in [1.807, 2.05) is 12.4 Å². The van der Waals surface area contributed by atoms with E-state index in [1.165, 1.54) is 18.5 Å². The number of hydrogen-bond acceptors (Lipinski definition) is 3. The normalized spacial score (nSPS) is 23.7. The molecular weight excluding hydrogens is 186 g/mol. The second-order valence-electron chi connectivity index (χ2n) is 4.30. The third kappa shape index (κ3) is 3.29. The Bertz CT molecular complexity index is 286. The maximum absolute atomic E-state index is 4.04. The third-order valence-electron chi connectivity index (χ3n) is 2.83. The van der Waals surface area contributed by atoms with E-state index >= 15 is 0 Å². The molecule has 0 bridgehead atoms. The van der Waals surface area contributed by atoms with Crippen molar-refractivity contribution in [2.24, 2.45) is 0 Å². The zero-order chi connectivity index (χ0) is 10.5. The zero-order valence-corrected chi connectivity index (χ0v) is 9.32. The van der Waals surface area contributed by atoms with Gasteiger partial charge < -0.3 is 5.32 Å². The Labute approximate surface area is 91.5 Å². The molecule has 1 aromatic heterocycles. The van der Waals surface area contributed by atoms with E-state index in [1.54, 1.807) is 0 Å². The molecule has 3 nitrogen and oxygen atoms in total. The SMILES string of the molecule is CC1CN(Cc2ccncc2)CCCN1. The summed E-state index contributed by atoms with van der Waals surface area (Å²) in [7, 11) is 0. The van der Waals surface area contributed by atoms with Crippen LogP contribution < -0.4 is 5.32 Å². The lowest BCUT2D eigenvalue weighted by Crippen LogP contribution is -2.34. The van der Waals surface area contributed by atoms with Gasteiger partial charge in [-0.05, 0) is 44.1 Å². The quantitative estimate of drug-likeness (QED) is 0.788. The van der Waals surface area contributed by atoms with Gasteiger partial charge in [-0.15, -0.1) is 0 Å². The number of aromatic nitrogens is 1. The van der Waals surface area contributed by atoms with Crippen molar-refractivity contribution >= 4 is 0 Å². The standard InChI is InChI=1S/C12H19N3/c1-11-9-15(8-2-5-14-11)10-12-3-6-13-7-4-12/h3-4,6-7,11,14H,2,5,8-10H2,1H3. The summed E-state index contributed by atoms with van der Waals surface area (Å²) in [6.07, 6.45) is 4.99. The Morgan fingerprint density at radius 1 is 1.47 bits per heavy atom. The first-order chi connectivity index (χ1) is 7.34. The summed E-state index contributed by atoms with van der Waals surface area (Å²) in [5.74, 6) is 0. The highest BCUT2D eigenvalue weighted by Crippen LogP contribution is 2.06. The van der Waals surface area contributed by atoms with Gasteiger partial charge in [0, 0.05) is 31.5 Å². The summed E-state index contributed by atoms with van der Waals surface area (Å²) in [6.45, 7) is 6.79. The number of nitrogens with one attached hydrogen (secondary N) is 1. The van der Waals surface area contributed by atoms with Crippen LogP contribution in [0.3, 0.4) is 0 Å². The minimum absolute atomic E-state index is 0.606. The molecule has 1 aliphatic rings. The van der Waals surface area contributed by atoms with Crippen molar-refractivity contribution in [1.29, 1.82) is 0 Å². The van der Waals surface area contributed by atoms with Gasteiger partial charge in [-0.25, -0.2) is 0 Å². The van der Waals surface area contributed by atoms with Crippen LogP contribution in [0.4, 0.5) is 0 Å². The van der Waals surface area contributed by atoms with E-state index in [0.29, 0.717) is 6.04 Å². The molecule has 1 aliphatic heterocycles. The van der Waals surface area contributed by atoms with E-state index in [0.717, 1.165) is 19.6 Å². The van der Waals surface area contributed by atoms with E-state index in [4.69, 9.17) is 0 Å². The summed E-state index contributed by atoms with van der Waals surface area (Å²) in [6, 6.07) is 4.81. The van der Waals surface area contributed by atoms with E-state index in [2.05, 4.69) is 34.3 Å². The van der Waals surface area contributed by atoms with Gasteiger partial charge in [-0.3, -0.25) is 9.88 Å². The summed E-state index contributed by atoms with van der Waals surface area (Å²) in [4.78, 5) is 6.55. The topological polar surface area (TPSA) is 28.2 Å². The Morgan fingerprint density at radius 3 is 3.07 bits per heavy atom. The minimum atomic E-state index is 0.606. The molecule has 2 rings (SSSR count). The summed E-state index contributed by atoms with van der Waals surface area (Å²) >= 11 is 0. The highest BCUT2D eigenvalue weighted by atomic mass is 15.2. The third-order valence-corrected chi connectivity index (χ3v) is 2.83. The van der Waals surface area contributed by atoms with Gasteiger partial charge in [0.2, 0.25) is 0 Å². The van der Waals surface area contributed by atoms with Crippen LogP contribution >= 0.6 is 0 Å². The van der Waals surface area contributed by atoms with Gasteiger partial charge >= 0.3 is 0 Å². The average molecular weight is 205 g/mol. The molecule has 1 saturated heterocycles. The smallest absolute Gasteiger partial charge is 0.0271 e. The predicted molar refractivity (Wildman–Crippen MR) is 61.6 cm³/mol. The molecule has 15 heavy (non-hydrogen) atoms. The molecule has 1 N–H and O–H groups in total. The summed E-state index contributed by atoms with van der Waals surface area (Å²) < 4.78 is 0. The van der Waals surface area contributed by atoms with Crippen LogP contribution in [0.2, 0.25) is 0 Å². The van der Waals surface area contributed by atoms with Crippen molar-refractivity contribution in [3.05, 3.63) is 30.1 Å². The molecule has 1 fully saturated rings. The molecule has 2 heterocycles. The van der Waals surface area contributed by atoms with Gasteiger partial charge in [0.15, 0.2) is 0 Å². The van der Waals surface area contributed by atoms with Crippen LogP contribution in [0.1, 0.15) is 18.9 Å². The maximum atomic E-state index is 4.04. The highest BCUT2D eigenvalue weighted by Gasteiger charge is 2.13. The molecule has 1 atom stereocenters. The molecule has 1 aromatic rings. The second kappa shape index (κ2) is 5.24. The van der Waals surface area contributed by atoms with Crippen LogP contribution in [0.25, 0.3) is 0 Å². The molecular formula is C12H19N3. The van der Waals surface area contributed by atoms with Gasteiger partial charge in [0.25, 0.3) is 0 Å². The van der Waals surface area contributed by atoms with Gasteiger partial charge in [0.1, 0.15) is 0 Å². The lowest BCUT2D eigenvalue weighted by Gasteiger charge is -2.22. The summed E-state index contributed by atoms with van der Waals surface area (Å²) in [5.41, 5.74) is 1.36. The first kappa shape index (κ1) is 10.6. The van der Waals surface area contributed by atoms with Gasteiger partial charge in [-0.1, -0.05) is 0 Å². The fourth-order valence-corrected chi connectivity index (χ4v) is 2.08. The highest BCUT2D eigenvalue weighted by molar-refractivity contribution is 5.09. The van der Waals surface area contributed by atoms with Gasteiger partial charge in [0.05, 0.1) is 0 Å². The number of rotatable bonds is 2. The molecule has 0 spiro atoms. The predicted octanol–water partition coefficient (Wildman–Crippen LogP) is 1.27. The molecule has 82 valence electrons. The lowest BCUT2D eigenvalue weighted by atomic mass is 10.2. The first-order valence-electron chi connectivity index (χ1n) is 5.69. The number of hydrogen-bond donors (Lipinski definition) is 1. The van der Waals surface area contributed by atoms with Crippen LogP contribution in [-0.4, -0.2) is 35.6 Å². The van der Waals surface area contributed by atoms with E-state index in [9.17, 15) is 0 Å². The number of pyridine rings is 1. The molecule has 0 aromatic carbocycles. The summed E-state index contributed by atoms with van der Waals surface area (Å²) in [5, 5.41) is 3.51. The Balaban J connectivity index is 1.93. The lowest BCUT2D eigenvalue weighted by molar-refractivity contribution is 0.264. The average Bonchev–Trinajstić information content (AvgIpc) is 2.44. The Hall–Kier alpha value is -0.930. The zero-order valence-electron chi connectivity index (χ0n) is 9.32. The monoisotopic (exact) mass is 205 g/mol. The van der Waals surface area contributed by atoms with E-state index < -0.39 is 0 Å². The molecule has 0 aliphatic carbocycles. The van der Waals surface area contributed by atoms with Crippen molar-refractivity contribution in [2.75, 3.05) is 19.6 Å². The molecule has 0 saturated carbocycles. The Morgan fingerprint density at radius 2 is 2.27 bits per heavy atom. The first-order valence-corrected chi connectivity index (χ1v) is 5.69. The largest absolute Gasteiger partial charge is 0.313 e. The van der Waals surface area contributed by atoms with Crippen molar-refractivity contribution < 1.29 is 0 Å².